The molecule has 0 bridgehead atoms. The Morgan fingerprint density at radius 3 is 2.56 bits per heavy atom. The van der Waals surface area contributed by atoms with E-state index in [4.69, 9.17) is 10.5 Å². The Morgan fingerprint density at radius 2 is 2.06 bits per heavy atom. The van der Waals surface area contributed by atoms with Crippen molar-refractivity contribution < 1.29 is 9.13 Å². The molecule has 0 radical (unpaired) electrons. The number of benzene rings is 1. The Morgan fingerprint density at radius 1 is 1.38 bits per heavy atom. The molecule has 0 aliphatic rings. The number of hydrogen-bond donors (Lipinski definition) is 1. The first-order chi connectivity index (χ1) is 7.54. The highest BCUT2D eigenvalue weighted by molar-refractivity contribution is 5.20. The summed E-state index contributed by atoms with van der Waals surface area (Å²) in [6, 6.07) is 6.34. The Hall–Kier alpha value is -0.930. The normalized spacial score (nSPS) is 15.1. The number of ether oxygens (including phenoxy) is 1. The van der Waals surface area contributed by atoms with Gasteiger partial charge in [0.05, 0.1) is 12.2 Å². The van der Waals surface area contributed by atoms with Gasteiger partial charge in [0.25, 0.3) is 0 Å². The van der Waals surface area contributed by atoms with Crippen LogP contribution in [0.25, 0.3) is 0 Å². The van der Waals surface area contributed by atoms with Crippen LogP contribution in [-0.4, -0.2) is 12.1 Å². The predicted molar refractivity (Wildman–Crippen MR) is 63.6 cm³/mol. The van der Waals surface area contributed by atoms with E-state index in [1.165, 1.54) is 12.1 Å². The molecule has 0 saturated carbocycles. The molecule has 1 rings (SSSR count). The maximum Gasteiger partial charge on any atom is 0.123 e. The average molecular weight is 225 g/mol. The van der Waals surface area contributed by atoms with Gasteiger partial charge in [-0.3, -0.25) is 0 Å². The van der Waals surface area contributed by atoms with E-state index >= 15 is 0 Å². The minimum absolute atomic E-state index is 0.0749. The van der Waals surface area contributed by atoms with E-state index in [9.17, 15) is 4.39 Å². The summed E-state index contributed by atoms with van der Waals surface area (Å²) >= 11 is 0. The van der Waals surface area contributed by atoms with Gasteiger partial charge in [-0.25, -0.2) is 4.39 Å². The summed E-state index contributed by atoms with van der Waals surface area (Å²) in [7, 11) is 0. The molecule has 2 atom stereocenters. The lowest BCUT2D eigenvalue weighted by Crippen LogP contribution is -2.31. The largest absolute Gasteiger partial charge is 0.369 e. The summed E-state index contributed by atoms with van der Waals surface area (Å²) in [5.41, 5.74) is 6.81. The van der Waals surface area contributed by atoms with Crippen LogP contribution in [0.2, 0.25) is 0 Å². The van der Waals surface area contributed by atoms with Crippen molar-refractivity contribution in [1.29, 1.82) is 0 Å². The van der Waals surface area contributed by atoms with Gasteiger partial charge in [-0.1, -0.05) is 19.1 Å². The molecule has 0 amide bonds. The second kappa shape index (κ2) is 5.97. The number of hydrogen-bond acceptors (Lipinski definition) is 2. The van der Waals surface area contributed by atoms with Crippen molar-refractivity contribution in [3.63, 3.8) is 0 Å². The van der Waals surface area contributed by atoms with Gasteiger partial charge in [0.15, 0.2) is 0 Å². The second-order valence-electron chi connectivity index (χ2n) is 4.23. The zero-order chi connectivity index (χ0) is 12.1. The van der Waals surface area contributed by atoms with Crippen molar-refractivity contribution in [2.75, 3.05) is 0 Å². The van der Waals surface area contributed by atoms with Crippen molar-refractivity contribution >= 4 is 0 Å². The number of nitrogens with two attached hydrogens (primary N) is 1. The van der Waals surface area contributed by atoms with Crippen LogP contribution in [0, 0.1) is 5.82 Å². The molecular weight excluding hydrogens is 205 g/mol. The second-order valence-corrected chi connectivity index (χ2v) is 4.23. The van der Waals surface area contributed by atoms with Gasteiger partial charge in [-0.05, 0) is 38.0 Å². The molecule has 0 saturated heterocycles. The predicted octanol–water partition coefficient (Wildman–Crippen LogP) is 3.03. The molecule has 0 heterocycles. The topological polar surface area (TPSA) is 35.2 Å². The molecule has 90 valence electrons. The zero-order valence-electron chi connectivity index (χ0n) is 10.1. The highest BCUT2D eigenvalue weighted by atomic mass is 19.1. The lowest BCUT2D eigenvalue weighted by molar-refractivity contribution is -0.00913. The van der Waals surface area contributed by atoms with Crippen molar-refractivity contribution in [2.24, 2.45) is 5.73 Å². The van der Waals surface area contributed by atoms with Crippen LogP contribution in [0.3, 0.4) is 0 Å². The fraction of sp³-hybridized carbons (Fsp3) is 0.538. The van der Waals surface area contributed by atoms with Gasteiger partial charge in [0, 0.05) is 6.04 Å². The SMILES string of the molecule is CCC(N)C(OC(C)C)c1cccc(F)c1. The fourth-order valence-electron chi connectivity index (χ4n) is 1.62. The van der Waals surface area contributed by atoms with Gasteiger partial charge < -0.3 is 10.5 Å². The summed E-state index contributed by atoms with van der Waals surface area (Å²) in [6.07, 6.45) is 0.639. The number of rotatable bonds is 5. The molecule has 0 aliphatic carbocycles. The van der Waals surface area contributed by atoms with E-state index in [-0.39, 0.29) is 24.1 Å². The lowest BCUT2D eigenvalue weighted by Gasteiger charge is -2.26. The van der Waals surface area contributed by atoms with E-state index in [1.807, 2.05) is 26.8 Å². The minimum Gasteiger partial charge on any atom is -0.369 e. The maximum atomic E-state index is 13.1. The zero-order valence-corrected chi connectivity index (χ0v) is 10.1. The molecule has 1 aromatic carbocycles. The van der Waals surface area contributed by atoms with E-state index < -0.39 is 0 Å². The third-order valence-corrected chi connectivity index (χ3v) is 2.46. The van der Waals surface area contributed by atoms with E-state index in [1.54, 1.807) is 6.07 Å². The van der Waals surface area contributed by atoms with Crippen LogP contribution >= 0.6 is 0 Å². The van der Waals surface area contributed by atoms with Gasteiger partial charge in [-0.2, -0.15) is 0 Å². The summed E-state index contributed by atoms with van der Waals surface area (Å²) in [5, 5.41) is 0. The highest BCUT2D eigenvalue weighted by Crippen LogP contribution is 2.24. The van der Waals surface area contributed by atoms with Crippen LogP contribution in [0.4, 0.5) is 4.39 Å². The first-order valence-electron chi connectivity index (χ1n) is 5.71. The fourth-order valence-corrected chi connectivity index (χ4v) is 1.62. The molecule has 0 aliphatic heterocycles. The van der Waals surface area contributed by atoms with Gasteiger partial charge >= 0.3 is 0 Å². The molecule has 16 heavy (non-hydrogen) atoms. The van der Waals surface area contributed by atoms with E-state index in [0.717, 1.165) is 12.0 Å². The molecule has 1 aromatic rings. The standard InChI is InChI=1S/C13H20FNO/c1-4-12(15)13(16-9(2)3)10-6-5-7-11(14)8-10/h5-9,12-13H,4,15H2,1-3H3. The molecule has 0 spiro atoms. The summed E-state index contributed by atoms with van der Waals surface area (Å²) in [4.78, 5) is 0. The summed E-state index contributed by atoms with van der Waals surface area (Å²) < 4.78 is 18.9. The van der Waals surface area contributed by atoms with E-state index in [2.05, 4.69) is 0 Å². The van der Waals surface area contributed by atoms with Crippen molar-refractivity contribution in [3.05, 3.63) is 35.6 Å². The highest BCUT2D eigenvalue weighted by Gasteiger charge is 2.20. The molecule has 2 nitrogen and oxygen atoms in total. The quantitative estimate of drug-likeness (QED) is 0.836. The van der Waals surface area contributed by atoms with Crippen LogP contribution in [0.15, 0.2) is 24.3 Å². The molecule has 0 aromatic heterocycles. The molecule has 2 N–H and O–H groups in total. The Balaban J connectivity index is 2.91. The average Bonchev–Trinajstić information content (AvgIpc) is 2.24. The first-order valence-corrected chi connectivity index (χ1v) is 5.71. The smallest absolute Gasteiger partial charge is 0.123 e. The lowest BCUT2D eigenvalue weighted by atomic mass is 10.0. The molecule has 0 fully saturated rings. The maximum absolute atomic E-state index is 13.1. The Bertz CT molecular complexity index is 327. The van der Waals surface area contributed by atoms with Crippen molar-refractivity contribution in [1.82, 2.24) is 0 Å². The Labute approximate surface area is 96.6 Å². The molecular formula is C13H20FNO. The van der Waals surface area contributed by atoms with Gasteiger partial charge in [0.2, 0.25) is 0 Å². The van der Waals surface area contributed by atoms with Crippen molar-refractivity contribution in [2.45, 2.75) is 45.4 Å². The minimum atomic E-state index is -0.252. The van der Waals surface area contributed by atoms with Crippen LogP contribution in [0.5, 0.6) is 0 Å². The van der Waals surface area contributed by atoms with Crippen LogP contribution in [-0.2, 0) is 4.74 Å². The third kappa shape index (κ3) is 3.58. The summed E-state index contributed by atoms with van der Waals surface area (Å²) in [6.45, 7) is 5.91. The molecule has 3 heteroatoms. The van der Waals surface area contributed by atoms with Gasteiger partial charge in [0.1, 0.15) is 5.82 Å². The third-order valence-electron chi connectivity index (χ3n) is 2.46. The monoisotopic (exact) mass is 225 g/mol. The van der Waals surface area contributed by atoms with Crippen LogP contribution < -0.4 is 5.73 Å². The van der Waals surface area contributed by atoms with Crippen LogP contribution in [0.1, 0.15) is 38.9 Å². The first kappa shape index (κ1) is 13.1. The number of halogens is 1. The molecule has 2 unspecified atom stereocenters. The van der Waals surface area contributed by atoms with Crippen molar-refractivity contribution in [3.8, 4) is 0 Å². The van der Waals surface area contributed by atoms with Gasteiger partial charge in [-0.15, -0.1) is 0 Å². The Kier molecular flexibility index (Phi) is 4.90. The summed E-state index contributed by atoms with van der Waals surface area (Å²) in [5.74, 6) is -0.252. The van der Waals surface area contributed by atoms with E-state index in [0.29, 0.717) is 0 Å².